The Labute approximate surface area is 65.2 Å². The summed E-state index contributed by atoms with van der Waals surface area (Å²) in [6, 6.07) is 0. The van der Waals surface area contributed by atoms with Gasteiger partial charge in [0.2, 0.25) is 5.95 Å². The van der Waals surface area contributed by atoms with Crippen LogP contribution in [0, 0.1) is 0 Å². The van der Waals surface area contributed by atoms with Crippen LogP contribution in [-0.4, -0.2) is 21.7 Å². The Morgan fingerprint density at radius 3 is 2.73 bits per heavy atom. The lowest BCUT2D eigenvalue weighted by Crippen LogP contribution is -1.99. The molecule has 1 aromatic heterocycles. The molecule has 62 valence electrons. The summed E-state index contributed by atoms with van der Waals surface area (Å²) in [4.78, 5) is 3.95. The summed E-state index contributed by atoms with van der Waals surface area (Å²) in [5.41, 5.74) is 10.6. The third kappa shape index (κ3) is 2.55. The van der Waals surface area contributed by atoms with Crippen LogP contribution in [0.15, 0.2) is 0 Å². The van der Waals surface area contributed by atoms with Crippen molar-refractivity contribution >= 4 is 5.95 Å². The molecular formula is C6H13N5. The van der Waals surface area contributed by atoms with E-state index in [9.17, 15) is 0 Å². The number of rotatable bonds is 4. The highest BCUT2D eigenvalue weighted by Gasteiger charge is 1.97. The van der Waals surface area contributed by atoms with Gasteiger partial charge in [0, 0.05) is 6.42 Å². The molecular weight excluding hydrogens is 142 g/mol. The van der Waals surface area contributed by atoms with Crippen LogP contribution in [0.4, 0.5) is 5.95 Å². The highest BCUT2D eigenvalue weighted by Crippen LogP contribution is 1.98. The van der Waals surface area contributed by atoms with Gasteiger partial charge in [0.1, 0.15) is 5.82 Å². The van der Waals surface area contributed by atoms with E-state index in [0.29, 0.717) is 5.95 Å². The van der Waals surface area contributed by atoms with E-state index < -0.39 is 0 Å². The second-order valence-electron chi connectivity index (χ2n) is 2.39. The van der Waals surface area contributed by atoms with Crippen LogP contribution in [-0.2, 0) is 6.42 Å². The number of hydrogen-bond donors (Lipinski definition) is 3. The van der Waals surface area contributed by atoms with Crippen molar-refractivity contribution in [3.05, 3.63) is 5.82 Å². The molecule has 11 heavy (non-hydrogen) atoms. The minimum absolute atomic E-state index is 0.313. The van der Waals surface area contributed by atoms with Gasteiger partial charge in [-0.15, -0.1) is 5.10 Å². The lowest BCUT2D eigenvalue weighted by atomic mass is 10.2. The van der Waals surface area contributed by atoms with Crippen molar-refractivity contribution in [1.82, 2.24) is 15.2 Å². The minimum Gasteiger partial charge on any atom is -0.367 e. The first-order valence-electron chi connectivity index (χ1n) is 3.69. The zero-order valence-corrected chi connectivity index (χ0v) is 6.38. The topological polar surface area (TPSA) is 93.6 Å². The number of aromatic nitrogens is 3. The molecule has 1 heterocycles. The van der Waals surface area contributed by atoms with E-state index in [-0.39, 0.29) is 0 Å². The number of aromatic amines is 1. The molecule has 0 aromatic carbocycles. The van der Waals surface area contributed by atoms with Crippen LogP contribution in [0.3, 0.4) is 0 Å². The van der Waals surface area contributed by atoms with E-state index in [1.165, 1.54) is 0 Å². The van der Waals surface area contributed by atoms with Gasteiger partial charge >= 0.3 is 0 Å². The predicted octanol–water partition coefficient (Wildman–Crippen LogP) is -0.332. The van der Waals surface area contributed by atoms with E-state index in [0.717, 1.165) is 31.6 Å². The van der Waals surface area contributed by atoms with Crippen LogP contribution in [0.25, 0.3) is 0 Å². The number of nitrogens with two attached hydrogens (primary N) is 2. The number of H-pyrrole nitrogens is 1. The highest BCUT2D eigenvalue weighted by molar-refractivity contribution is 5.12. The van der Waals surface area contributed by atoms with E-state index in [1.807, 2.05) is 0 Å². The fraction of sp³-hybridized carbons (Fsp3) is 0.667. The fourth-order valence-corrected chi connectivity index (χ4v) is 0.859. The van der Waals surface area contributed by atoms with E-state index in [2.05, 4.69) is 15.2 Å². The molecule has 0 radical (unpaired) electrons. The molecule has 0 bridgehead atoms. The van der Waals surface area contributed by atoms with Gasteiger partial charge < -0.3 is 11.5 Å². The molecule has 0 saturated carbocycles. The van der Waals surface area contributed by atoms with E-state index in [1.54, 1.807) is 0 Å². The molecule has 1 aromatic rings. The Balaban J connectivity index is 2.27. The third-order valence-corrected chi connectivity index (χ3v) is 1.42. The Bertz CT molecular complexity index is 206. The Morgan fingerprint density at radius 2 is 2.18 bits per heavy atom. The molecule has 0 spiro atoms. The van der Waals surface area contributed by atoms with Gasteiger partial charge in [-0.2, -0.15) is 4.98 Å². The van der Waals surface area contributed by atoms with Crippen molar-refractivity contribution in [2.75, 3.05) is 12.3 Å². The maximum absolute atomic E-state index is 5.33. The average Bonchev–Trinajstić information content (AvgIpc) is 2.37. The number of anilines is 1. The predicted molar refractivity (Wildman–Crippen MR) is 42.8 cm³/mol. The molecule has 0 saturated heterocycles. The van der Waals surface area contributed by atoms with Crippen molar-refractivity contribution < 1.29 is 0 Å². The van der Waals surface area contributed by atoms with E-state index >= 15 is 0 Å². The second kappa shape index (κ2) is 3.92. The summed E-state index contributed by atoms with van der Waals surface area (Å²) >= 11 is 0. The molecule has 5 heteroatoms. The number of nitrogens with one attached hydrogen (secondary N) is 1. The summed E-state index contributed by atoms with van der Waals surface area (Å²) in [6.07, 6.45) is 2.92. The normalized spacial score (nSPS) is 10.3. The second-order valence-corrected chi connectivity index (χ2v) is 2.39. The van der Waals surface area contributed by atoms with Crippen molar-refractivity contribution in [2.45, 2.75) is 19.3 Å². The first kappa shape index (κ1) is 8.00. The number of nitrogen functional groups attached to an aromatic ring is 1. The zero-order valence-electron chi connectivity index (χ0n) is 6.38. The van der Waals surface area contributed by atoms with E-state index in [4.69, 9.17) is 11.5 Å². The van der Waals surface area contributed by atoms with Crippen molar-refractivity contribution in [2.24, 2.45) is 5.73 Å². The van der Waals surface area contributed by atoms with Crippen molar-refractivity contribution in [3.8, 4) is 0 Å². The molecule has 0 amide bonds. The first-order chi connectivity index (χ1) is 5.33. The van der Waals surface area contributed by atoms with Crippen molar-refractivity contribution in [1.29, 1.82) is 0 Å². The zero-order chi connectivity index (χ0) is 8.10. The summed E-state index contributed by atoms with van der Waals surface area (Å²) in [6.45, 7) is 0.726. The molecule has 0 aliphatic carbocycles. The fourth-order valence-electron chi connectivity index (χ4n) is 0.859. The van der Waals surface area contributed by atoms with Crippen LogP contribution in [0.5, 0.6) is 0 Å². The summed E-state index contributed by atoms with van der Waals surface area (Å²) in [5.74, 6) is 1.16. The summed E-state index contributed by atoms with van der Waals surface area (Å²) in [7, 11) is 0. The van der Waals surface area contributed by atoms with Crippen LogP contribution >= 0.6 is 0 Å². The van der Waals surface area contributed by atoms with Crippen molar-refractivity contribution in [3.63, 3.8) is 0 Å². The van der Waals surface area contributed by atoms with Crippen LogP contribution in [0.1, 0.15) is 18.7 Å². The monoisotopic (exact) mass is 155 g/mol. The summed E-state index contributed by atoms with van der Waals surface area (Å²) in [5, 5.41) is 6.44. The smallest absolute Gasteiger partial charge is 0.239 e. The minimum atomic E-state index is 0.313. The number of nitrogens with zero attached hydrogens (tertiary/aromatic N) is 2. The number of hydrogen-bond acceptors (Lipinski definition) is 4. The third-order valence-electron chi connectivity index (χ3n) is 1.42. The first-order valence-corrected chi connectivity index (χ1v) is 3.69. The molecule has 5 nitrogen and oxygen atoms in total. The van der Waals surface area contributed by atoms with Gasteiger partial charge in [-0.1, -0.05) is 0 Å². The molecule has 0 aliphatic heterocycles. The highest BCUT2D eigenvalue weighted by atomic mass is 15.3. The quantitative estimate of drug-likeness (QED) is 0.519. The molecule has 0 unspecified atom stereocenters. The molecule has 0 atom stereocenters. The molecule has 0 fully saturated rings. The maximum Gasteiger partial charge on any atom is 0.239 e. The Morgan fingerprint density at radius 1 is 1.36 bits per heavy atom. The van der Waals surface area contributed by atoms with Gasteiger partial charge in [0.15, 0.2) is 0 Å². The summed E-state index contributed by atoms with van der Waals surface area (Å²) < 4.78 is 0. The van der Waals surface area contributed by atoms with Crippen LogP contribution < -0.4 is 11.5 Å². The number of aryl methyl sites for hydroxylation is 1. The van der Waals surface area contributed by atoms with Crippen LogP contribution in [0.2, 0.25) is 0 Å². The lowest BCUT2D eigenvalue weighted by Gasteiger charge is -1.92. The Hall–Kier alpha value is -1.10. The molecule has 5 N–H and O–H groups in total. The maximum atomic E-state index is 5.33. The standard InChI is InChI=1S/C6H13N5/c7-4-2-1-3-5-9-6(8)11-10-5/h1-4,7H2,(H3,8,9,10,11). The SMILES string of the molecule is NCCCCc1nc(N)n[nH]1. The number of unbranched alkanes of at least 4 members (excludes halogenated alkanes) is 1. The molecule has 1 rings (SSSR count). The van der Waals surface area contributed by atoms with Gasteiger partial charge in [-0.3, -0.25) is 5.10 Å². The van der Waals surface area contributed by atoms with Gasteiger partial charge in [0.25, 0.3) is 0 Å². The molecule has 0 aliphatic rings. The lowest BCUT2D eigenvalue weighted by molar-refractivity contribution is 0.718. The van der Waals surface area contributed by atoms with Gasteiger partial charge in [-0.05, 0) is 19.4 Å². The largest absolute Gasteiger partial charge is 0.367 e. The van der Waals surface area contributed by atoms with Gasteiger partial charge in [-0.25, -0.2) is 0 Å². The van der Waals surface area contributed by atoms with Gasteiger partial charge in [0.05, 0.1) is 0 Å². The average molecular weight is 155 g/mol. The Kier molecular flexibility index (Phi) is 2.85.